The van der Waals surface area contributed by atoms with Gasteiger partial charge in [0, 0.05) is 22.7 Å². The van der Waals surface area contributed by atoms with Crippen LogP contribution in [0.2, 0.25) is 0 Å². The van der Waals surface area contributed by atoms with Crippen molar-refractivity contribution in [3.63, 3.8) is 0 Å². The molecule has 3 heterocycles. The van der Waals surface area contributed by atoms with Crippen LogP contribution in [0.5, 0.6) is 0 Å². The van der Waals surface area contributed by atoms with Gasteiger partial charge < -0.3 is 15.3 Å². The molecule has 10 nitrogen and oxygen atoms in total. The van der Waals surface area contributed by atoms with Crippen LogP contribution in [-0.2, 0) is 11.3 Å². The van der Waals surface area contributed by atoms with Crippen molar-refractivity contribution >= 4 is 39.9 Å². The van der Waals surface area contributed by atoms with Crippen molar-refractivity contribution in [3.05, 3.63) is 60.3 Å². The predicted molar refractivity (Wildman–Crippen MR) is 111 cm³/mol. The SMILES string of the molecule is Nc1nonc1-c1nc2ccccc2n1CC(=O)N/N=C\c1c[nH]c2ccccc12. The second kappa shape index (κ2) is 7.17. The van der Waals surface area contributed by atoms with Gasteiger partial charge in [-0.2, -0.15) is 5.10 Å². The van der Waals surface area contributed by atoms with E-state index < -0.39 is 0 Å². The number of amides is 1. The van der Waals surface area contributed by atoms with Gasteiger partial charge in [-0.25, -0.2) is 15.0 Å². The van der Waals surface area contributed by atoms with Crippen LogP contribution in [0, 0.1) is 0 Å². The number of aromatic amines is 1. The highest BCUT2D eigenvalue weighted by molar-refractivity contribution is 5.99. The third-order valence-electron chi connectivity index (χ3n) is 4.70. The summed E-state index contributed by atoms with van der Waals surface area (Å²) in [5.41, 5.74) is 12.0. The molecular formula is C20H16N8O2. The minimum Gasteiger partial charge on any atom is -0.379 e. The zero-order valence-electron chi connectivity index (χ0n) is 15.6. The van der Waals surface area contributed by atoms with Gasteiger partial charge in [-0.15, -0.1) is 0 Å². The summed E-state index contributed by atoms with van der Waals surface area (Å²) < 4.78 is 6.39. The van der Waals surface area contributed by atoms with Gasteiger partial charge in [0.2, 0.25) is 0 Å². The molecule has 0 bridgehead atoms. The van der Waals surface area contributed by atoms with Gasteiger partial charge in [-0.3, -0.25) is 4.79 Å². The summed E-state index contributed by atoms with van der Waals surface area (Å²) in [4.78, 5) is 20.3. The lowest BCUT2D eigenvalue weighted by Crippen LogP contribution is -2.23. The quantitative estimate of drug-likeness (QED) is 0.305. The van der Waals surface area contributed by atoms with Crippen LogP contribution in [0.3, 0.4) is 0 Å². The molecule has 0 radical (unpaired) electrons. The van der Waals surface area contributed by atoms with E-state index in [-0.39, 0.29) is 24.0 Å². The Hall–Kier alpha value is -4.47. The molecule has 0 unspecified atom stereocenters. The Bertz CT molecular complexity index is 1390. The van der Waals surface area contributed by atoms with Crippen molar-refractivity contribution in [2.75, 3.05) is 5.73 Å². The maximum atomic E-state index is 12.6. The van der Waals surface area contributed by atoms with Crippen LogP contribution >= 0.6 is 0 Å². The molecule has 0 aliphatic rings. The molecule has 30 heavy (non-hydrogen) atoms. The Balaban J connectivity index is 1.40. The summed E-state index contributed by atoms with van der Waals surface area (Å²) in [6.07, 6.45) is 3.44. The number of fused-ring (bicyclic) bond motifs is 2. The lowest BCUT2D eigenvalue weighted by Gasteiger charge is -2.06. The topological polar surface area (TPSA) is 140 Å². The molecule has 0 saturated heterocycles. The standard InChI is InChI=1S/C20H16N8O2/c21-19-18(26-30-27-19)20-24-15-7-3-4-8-16(15)28(20)11-17(29)25-23-10-12-9-22-14-6-2-1-5-13(12)14/h1-10,22H,11H2,(H2,21,27)(H,25,29)/b23-10-. The monoisotopic (exact) mass is 400 g/mol. The van der Waals surface area contributed by atoms with E-state index in [1.807, 2.05) is 54.7 Å². The number of hydrazone groups is 1. The Morgan fingerprint density at radius 3 is 2.90 bits per heavy atom. The number of imidazole rings is 1. The van der Waals surface area contributed by atoms with Crippen LogP contribution < -0.4 is 11.2 Å². The number of aromatic nitrogens is 5. The summed E-state index contributed by atoms with van der Waals surface area (Å²) in [6, 6.07) is 15.3. The fraction of sp³-hybridized carbons (Fsp3) is 0.0500. The van der Waals surface area contributed by atoms with E-state index in [4.69, 9.17) is 10.4 Å². The number of nitrogens with two attached hydrogens (primary N) is 1. The molecule has 10 heteroatoms. The zero-order chi connectivity index (χ0) is 20.5. The molecule has 3 aromatic heterocycles. The fourth-order valence-electron chi connectivity index (χ4n) is 3.32. The van der Waals surface area contributed by atoms with Gasteiger partial charge in [-0.1, -0.05) is 30.3 Å². The molecule has 148 valence electrons. The number of carbonyl (C=O) groups excluding carboxylic acids is 1. The minimum absolute atomic E-state index is 0.0344. The highest BCUT2D eigenvalue weighted by atomic mass is 16.6. The van der Waals surface area contributed by atoms with Crippen LogP contribution in [0.25, 0.3) is 33.5 Å². The van der Waals surface area contributed by atoms with Crippen molar-refractivity contribution in [3.8, 4) is 11.5 Å². The molecule has 5 aromatic rings. The third-order valence-corrected chi connectivity index (χ3v) is 4.70. The third kappa shape index (κ3) is 3.05. The highest BCUT2D eigenvalue weighted by Gasteiger charge is 2.20. The number of anilines is 1. The first kappa shape index (κ1) is 17.6. The maximum Gasteiger partial charge on any atom is 0.260 e. The first-order valence-corrected chi connectivity index (χ1v) is 9.12. The lowest BCUT2D eigenvalue weighted by molar-refractivity contribution is -0.121. The molecule has 0 spiro atoms. The fourth-order valence-corrected chi connectivity index (χ4v) is 3.32. The maximum absolute atomic E-state index is 12.6. The molecule has 0 fully saturated rings. The Kier molecular flexibility index (Phi) is 4.21. The normalized spacial score (nSPS) is 11.6. The second-order valence-electron chi connectivity index (χ2n) is 6.59. The van der Waals surface area contributed by atoms with Gasteiger partial charge in [0.05, 0.1) is 17.2 Å². The van der Waals surface area contributed by atoms with Crippen molar-refractivity contribution in [2.45, 2.75) is 6.54 Å². The number of hydrogen-bond acceptors (Lipinski definition) is 7. The van der Waals surface area contributed by atoms with Gasteiger partial charge in [0.15, 0.2) is 17.3 Å². The smallest absolute Gasteiger partial charge is 0.260 e. The lowest BCUT2D eigenvalue weighted by atomic mass is 10.2. The molecule has 1 amide bonds. The molecule has 5 rings (SSSR count). The van der Waals surface area contributed by atoms with E-state index in [9.17, 15) is 4.79 Å². The zero-order valence-corrected chi connectivity index (χ0v) is 15.6. The number of benzene rings is 2. The number of hydrogen-bond donors (Lipinski definition) is 3. The minimum atomic E-state index is -0.328. The number of nitrogens with one attached hydrogen (secondary N) is 2. The Morgan fingerprint density at radius 1 is 1.20 bits per heavy atom. The molecule has 0 aliphatic heterocycles. The second-order valence-corrected chi connectivity index (χ2v) is 6.59. The van der Waals surface area contributed by atoms with Crippen LogP contribution in [0.15, 0.2) is 64.5 Å². The van der Waals surface area contributed by atoms with Crippen LogP contribution in [0.4, 0.5) is 5.82 Å². The average Bonchev–Trinajstić information content (AvgIpc) is 3.46. The highest BCUT2D eigenvalue weighted by Crippen LogP contribution is 2.26. The molecule has 0 saturated carbocycles. The van der Waals surface area contributed by atoms with Crippen LogP contribution in [0.1, 0.15) is 5.56 Å². The van der Waals surface area contributed by atoms with Gasteiger partial charge in [-0.05, 0) is 28.5 Å². The largest absolute Gasteiger partial charge is 0.379 e. The molecule has 2 aromatic carbocycles. The first-order chi connectivity index (χ1) is 14.7. The van der Waals surface area contributed by atoms with Gasteiger partial charge in [0.25, 0.3) is 5.91 Å². The van der Waals surface area contributed by atoms with E-state index in [0.29, 0.717) is 11.3 Å². The van der Waals surface area contributed by atoms with Crippen molar-refractivity contribution < 1.29 is 9.42 Å². The van der Waals surface area contributed by atoms with Crippen LogP contribution in [-0.4, -0.2) is 37.0 Å². The van der Waals surface area contributed by atoms with Crippen molar-refractivity contribution in [1.29, 1.82) is 0 Å². The molecule has 0 aliphatic carbocycles. The average molecular weight is 400 g/mol. The van der Waals surface area contributed by atoms with E-state index in [0.717, 1.165) is 22.0 Å². The van der Waals surface area contributed by atoms with E-state index >= 15 is 0 Å². The van der Waals surface area contributed by atoms with E-state index in [1.165, 1.54) is 0 Å². The number of nitrogens with zero attached hydrogens (tertiary/aromatic N) is 5. The number of rotatable bonds is 5. The van der Waals surface area contributed by atoms with Crippen molar-refractivity contribution in [1.82, 2.24) is 30.3 Å². The van der Waals surface area contributed by atoms with Crippen molar-refractivity contribution in [2.24, 2.45) is 5.10 Å². The Morgan fingerprint density at radius 2 is 2.03 bits per heavy atom. The van der Waals surface area contributed by atoms with Gasteiger partial charge >= 0.3 is 0 Å². The summed E-state index contributed by atoms with van der Waals surface area (Å²) in [6.45, 7) is -0.0344. The van der Waals surface area contributed by atoms with Gasteiger partial charge in [0.1, 0.15) is 6.54 Å². The summed E-state index contributed by atoms with van der Waals surface area (Å²) in [5, 5.41) is 12.5. The Labute approximate surface area is 169 Å². The number of nitrogen functional groups attached to an aromatic ring is 1. The molecule has 0 atom stereocenters. The number of H-pyrrole nitrogens is 1. The molecular weight excluding hydrogens is 384 g/mol. The van der Waals surface area contributed by atoms with E-state index in [2.05, 4.69) is 30.8 Å². The predicted octanol–water partition coefficient (Wildman–Crippen LogP) is 2.30. The molecule has 4 N–H and O–H groups in total. The first-order valence-electron chi connectivity index (χ1n) is 9.12. The summed E-state index contributed by atoms with van der Waals surface area (Å²) in [7, 11) is 0. The van der Waals surface area contributed by atoms with E-state index in [1.54, 1.807) is 10.8 Å². The number of carbonyl (C=O) groups is 1. The summed E-state index contributed by atoms with van der Waals surface area (Å²) >= 11 is 0. The summed E-state index contributed by atoms with van der Waals surface area (Å²) in [5.74, 6) is 0.167. The number of para-hydroxylation sites is 3.